The van der Waals surface area contributed by atoms with Gasteiger partial charge in [0.15, 0.2) is 0 Å². The highest BCUT2D eigenvalue weighted by Crippen LogP contribution is 2.28. The van der Waals surface area contributed by atoms with E-state index in [9.17, 15) is 4.39 Å². The van der Waals surface area contributed by atoms with E-state index in [4.69, 9.17) is 0 Å². The number of hydrogen-bond acceptors (Lipinski definition) is 1. The van der Waals surface area contributed by atoms with E-state index in [1.807, 2.05) is 31.2 Å². The maximum atomic E-state index is 13.4. The zero-order chi connectivity index (χ0) is 9.26. The first-order valence-electron chi connectivity index (χ1n) is 4.72. The van der Waals surface area contributed by atoms with Crippen molar-refractivity contribution in [2.24, 2.45) is 0 Å². The molecular weight excluding hydrogens is 201 g/mol. The summed E-state index contributed by atoms with van der Waals surface area (Å²) >= 11 is 0. The second-order valence-corrected chi connectivity index (χ2v) is 3.59. The van der Waals surface area contributed by atoms with Gasteiger partial charge < -0.3 is 5.32 Å². The van der Waals surface area contributed by atoms with E-state index in [-0.39, 0.29) is 18.4 Å². The van der Waals surface area contributed by atoms with Gasteiger partial charge in [-0.3, -0.25) is 0 Å². The number of alkyl halides is 1. The number of hydrogen-bond donors (Lipinski definition) is 1. The quantitative estimate of drug-likeness (QED) is 0.760. The zero-order valence-electron chi connectivity index (χ0n) is 8.16. The van der Waals surface area contributed by atoms with E-state index < -0.39 is 6.17 Å². The predicted molar refractivity (Wildman–Crippen MR) is 58.7 cm³/mol. The molecule has 2 atom stereocenters. The minimum absolute atomic E-state index is 0. The largest absolute Gasteiger partial charge is 0.307 e. The lowest BCUT2D eigenvalue weighted by Crippen LogP contribution is -2.19. The summed E-state index contributed by atoms with van der Waals surface area (Å²) in [6.07, 6.45) is -0.0833. The van der Waals surface area contributed by atoms with Crippen LogP contribution in [0.3, 0.4) is 0 Å². The van der Waals surface area contributed by atoms with Crippen LogP contribution in [0.25, 0.3) is 0 Å². The van der Waals surface area contributed by atoms with Crippen molar-refractivity contribution in [2.45, 2.75) is 25.6 Å². The van der Waals surface area contributed by atoms with Crippen LogP contribution in [-0.2, 0) is 0 Å². The molecule has 0 aliphatic carbocycles. The van der Waals surface area contributed by atoms with Crippen LogP contribution in [0.4, 0.5) is 4.39 Å². The Labute approximate surface area is 90.1 Å². The zero-order valence-corrected chi connectivity index (χ0v) is 8.98. The van der Waals surface area contributed by atoms with Gasteiger partial charge in [-0.1, -0.05) is 24.3 Å². The topological polar surface area (TPSA) is 12.0 Å². The summed E-state index contributed by atoms with van der Waals surface area (Å²) in [5.74, 6) is 0. The third-order valence-electron chi connectivity index (χ3n) is 2.67. The molecule has 0 bridgehead atoms. The standard InChI is InChI=1S/C11H14FN.ClH/c1-8-4-2-3-5-9(8)11-10(12)6-7-13-11;/h2-5,10-11,13H,6-7H2,1H3;1H. The fraction of sp³-hybridized carbons (Fsp3) is 0.455. The number of aryl methyl sites for hydroxylation is 1. The van der Waals surface area contributed by atoms with Gasteiger partial charge in [-0.05, 0) is 31.0 Å². The molecule has 0 radical (unpaired) electrons. The first-order chi connectivity index (χ1) is 6.29. The number of nitrogens with one attached hydrogen (secondary N) is 1. The molecule has 1 aliphatic heterocycles. The van der Waals surface area contributed by atoms with Gasteiger partial charge in [-0.15, -0.1) is 12.4 Å². The van der Waals surface area contributed by atoms with Crippen molar-refractivity contribution in [2.75, 3.05) is 6.54 Å². The molecule has 0 aromatic heterocycles. The SMILES string of the molecule is Cc1ccccc1C1NCCC1F.Cl. The van der Waals surface area contributed by atoms with Crippen LogP contribution in [0.15, 0.2) is 24.3 Å². The molecule has 2 unspecified atom stereocenters. The lowest BCUT2D eigenvalue weighted by molar-refractivity contribution is 0.304. The van der Waals surface area contributed by atoms with Gasteiger partial charge in [-0.2, -0.15) is 0 Å². The second kappa shape index (κ2) is 4.76. The average molecular weight is 216 g/mol. The summed E-state index contributed by atoms with van der Waals surface area (Å²) in [5.41, 5.74) is 2.28. The first-order valence-corrected chi connectivity index (χ1v) is 4.72. The van der Waals surface area contributed by atoms with Crippen molar-refractivity contribution >= 4 is 12.4 Å². The fourth-order valence-electron chi connectivity index (χ4n) is 1.91. The van der Waals surface area contributed by atoms with Gasteiger partial charge in [0, 0.05) is 0 Å². The molecule has 1 heterocycles. The number of benzene rings is 1. The first kappa shape index (κ1) is 11.5. The Hall–Kier alpha value is -0.600. The molecule has 1 aromatic carbocycles. The molecule has 1 fully saturated rings. The molecule has 78 valence electrons. The van der Waals surface area contributed by atoms with Crippen molar-refractivity contribution in [3.63, 3.8) is 0 Å². The van der Waals surface area contributed by atoms with Gasteiger partial charge in [-0.25, -0.2) is 4.39 Å². The minimum Gasteiger partial charge on any atom is -0.307 e. The Morgan fingerprint density at radius 3 is 2.64 bits per heavy atom. The van der Waals surface area contributed by atoms with Crippen LogP contribution in [0.1, 0.15) is 23.6 Å². The minimum atomic E-state index is -0.721. The van der Waals surface area contributed by atoms with Crippen molar-refractivity contribution in [3.8, 4) is 0 Å². The van der Waals surface area contributed by atoms with Gasteiger partial charge >= 0.3 is 0 Å². The van der Waals surface area contributed by atoms with Crippen molar-refractivity contribution in [1.29, 1.82) is 0 Å². The second-order valence-electron chi connectivity index (χ2n) is 3.59. The van der Waals surface area contributed by atoms with Gasteiger partial charge in [0.25, 0.3) is 0 Å². The van der Waals surface area contributed by atoms with Gasteiger partial charge in [0.2, 0.25) is 0 Å². The average Bonchev–Trinajstić information content (AvgIpc) is 2.52. The summed E-state index contributed by atoms with van der Waals surface area (Å²) in [6, 6.07) is 7.91. The van der Waals surface area contributed by atoms with E-state index >= 15 is 0 Å². The Morgan fingerprint density at radius 1 is 1.36 bits per heavy atom. The third kappa shape index (κ3) is 2.07. The molecule has 14 heavy (non-hydrogen) atoms. The van der Waals surface area contributed by atoms with E-state index in [1.54, 1.807) is 0 Å². The smallest absolute Gasteiger partial charge is 0.121 e. The molecule has 0 saturated carbocycles. The molecule has 1 N–H and O–H groups in total. The van der Waals surface area contributed by atoms with Crippen LogP contribution >= 0.6 is 12.4 Å². The highest BCUT2D eigenvalue weighted by Gasteiger charge is 2.28. The number of halogens is 2. The molecule has 1 aliphatic rings. The van der Waals surface area contributed by atoms with Crippen molar-refractivity contribution < 1.29 is 4.39 Å². The summed E-state index contributed by atoms with van der Waals surface area (Å²) < 4.78 is 13.4. The van der Waals surface area contributed by atoms with Gasteiger partial charge in [0.05, 0.1) is 6.04 Å². The van der Waals surface area contributed by atoms with Crippen LogP contribution in [-0.4, -0.2) is 12.7 Å². The monoisotopic (exact) mass is 215 g/mol. The molecule has 3 heteroatoms. The third-order valence-corrected chi connectivity index (χ3v) is 2.67. The summed E-state index contributed by atoms with van der Waals surface area (Å²) in [5, 5.41) is 3.19. The van der Waals surface area contributed by atoms with Gasteiger partial charge in [0.1, 0.15) is 6.17 Å². The van der Waals surface area contributed by atoms with E-state index in [0.29, 0.717) is 6.42 Å². The molecular formula is C11H15ClFN. The highest BCUT2D eigenvalue weighted by molar-refractivity contribution is 5.85. The van der Waals surface area contributed by atoms with Crippen LogP contribution < -0.4 is 5.32 Å². The highest BCUT2D eigenvalue weighted by atomic mass is 35.5. The lowest BCUT2D eigenvalue weighted by atomic mass is 9.99. The molecule has 1 aromatic rings. The Bertz CT molecular complexity index is 303. The fourth-order valence-corrected chi connectivity index (χ4v) is 1.91. The maximum Gasteiger partial charge on any atom is 0.121 e. The normalized spacial score (nSPS) is 25.9. The summed E-state index contributed by atoms with van der Waals surface area (Å²) in [4.78, 5) is 0. The predicted octanol–water partition coefficient (Wildman–Crippen LogP) is 2.79. The maximum absolute atomic E-state index is 13.4. The molecule has 1 nitrogen and oxygen atoms in total. The van der Waals surface area contributed by atoms with Crippen molar-refractivity contribution in [1.82, 2.24) is 5.32 Å². The number of rotatable bonds is 1. The van der Waals surface area contributed by atoms with Crippen LogP contribution in [0.5, 0.6) is 0 Å². The summed E-state index contributed by atoms with van der Waals surface area (Å²) in [6.45, 7) is 2.82. The Morgan fingerprint density at radius 2 is 2.07 bits per heavy atom. The molecule has 0 spiro atoms. The molecule has 2 rings (SSSR count). The summed E-state index contributed by atoms with van der Waals surface area (Å²) in [7, 11) is 0. The molecule has 0 amide bonds. The Balaban J connectivity index is 0.000000980. The molecule has 1 saturated heterocycles. The van der Waals surface area contributed by atoms with E-state index in [0.717, 1.165) is 12.1 Å². The van der Waals surface area contributed by atoms with E-state index in [2.05, 4.69) is 5.32 Å². The lowest BCUT2D eigenvalue weighted by Gasteiger charge is -2.15. The van der Waals surface area contributed by atoms with Crippen LogP contribution in [0, 0.1) is 6.92 Å². The van der Waals surface area contributed by atoms with Crippen molar-refractivity contribution in [3.05, 3.63) is 35.4 Å². The Kier molecular flexibility index (Phi) is 3.90. The van der Waals surface area contributed by atoms with Crippen LogP contribution in [0.2, 0.25) is 0 Å². The van der Waals surface area contributed by atoms with E-state index in [1.165, 1.54) is 5.56 Å².